The van der Waals surface area contributed by atoms with Crippen molar-refractivity contribution in [2.75, 3.05) is 12.4 Å². The lowest BCUT2D eigenvalue weighted by atomic mass is 10.1. The number of hydrogen-bond acceptors (Lipinski definition) is 4. The van der Waals surface area contributed by atoms with Gasteiger partial charge in [0.1, 0.15) is 6.61 Å². The zero-order valence-electron chi connectivity index (χ0n) is 9.52. The highest BCUT2D eigenvalue weighted by Crippen LogP contribution is 2.38. The van der Waals surface area contributed by atoms with Gasteiger partial charge in [-0.2, -0.15) is 0 Å². The van der Waals surface area contributed by atoms with Crippen LogP contribution in [0.25, 0.3) is 5.76 Å². The first-order valence-corrected chi connectivity index (χ1v) is 6.27. The van der Waals surface area contributed by atoms with Crippen LogP contribution in [0.15, 0.2) is 47.6 Å². The predicted molar refractivity (Wildman–Crippen MR) is 67.8 cm³/mol. The molecule has 1 heterocycles. The Morgan fingerprint density at radius 2 is 2.28 bits per heavy atom. The van der Waals surface area contributed by atoms with E-state index in [1.54, 1.807) is 12.1 Å². The average molecular weight is 266 g/mol. The van der Waals surface area contributed by atoms with E-state index in [1.165, 1.54) is 17.8 Å². The Hall–Kier alpha value is -1.75. The van der Waals surface area contributed by atoms with E-state index < -0.39 is 12.0 Å². The molecule has 1 aliphatic heterocycles. The van der Waals surface area contributed by atoms with Gasteiger partial charge in [-0.15, -0.1) is 11.8 Å². The van der Waals surface area contributed by atoms with Crippen molar-refractivity contribution in [1.82, 2.24) is 0 Å². The third-order valence-corrected chi connectivity index (χ3v) is 3.30. The summed E-state index contributed by atoms with van der Waals surface area (Å²) in [5.74, 6) is -0.367. The van der Waals surface area contributed by atoms with E-state index in [0.717, 1.165) is 4.90 Å². The van der Waals surface area contributed by atoms with Crippen molar-refractivity contribution in [3.63, 3.8) is 0 Å². The van der Waals surface area contributed by atoms with Crippen LogP contribution in [0.4, 0.5) is 9.18 Å². The number of ether oxygens (including phenoxy) is 2. The van der Waals surface area contributed by atoms with Gasteiger partial charge in [0.15, 0.2) is 11.6 Å². The highest BCUT2D eigenvalue weighted by atomic mass is 32.2. The largest absolute Gasteiger partial charge is 0.514 e. The second kappa shape index (κ2) is 5.73. The molecular weight excluding hydrogens is 255 g/mol. The molecule has 2 rings (SSSR count). The van der Waals surface area contributed by atoms with Gasteiger partial charge in [0.05, 0.1) is 5.75 Å². The maximum atomic E-state index is 13.7. The summed E-state index contributed by atoms with van der Waals surface area (Å²) in [6.45, 7) is 3.44. The molecule has 3 nitrogen and oxygen atoms in total. The number of carbonyl (C=O) groups is 1. The number of carbonyl (C=O) groups excluding carboxylic acids is 1. The molecule has 0 bridgehead atoms. The normalized spacial score (nSPS) is 13.8. The third kappa shape index (κ3) is 2.73. The first-order valence-electron chi connectivity index (χ1n) is 5.28. The molecule has 0 amide bonds. The van der Waals surface area contributed by atoms with Gasteiger partial charge < -0.3 is 9.47 Å². The summed E-state index contributed by atoms with van der Waals surface area (Å²) in [6.07, 6.45) is 0.484. The molecule has 0 spiro atoms. The minimum absolute atomic E-state index is 0.0319. The lowest BCUT2D eigenvalue weighted by Gasteiger charge is -2.17. The zero-order valence-corrected chi connectivity index (χ0v) is 10.3. The number of hydrogen-bond donors (Lipinski definition) is 0. The van der Waals surface area contributed by atoms with E-state index in [-0.39, 0.29) is 18.1 Å². The van der Waals surface area contributed by atoms with Gasteiger partial charge in [0, 0.05) is 10.5 Å². The Bertz CT molecular complexity index is 511. The first-order chi connectivity index (χ1) is 8.72. The molecular formula is C13H11FO3S. The highest BCUT2D eigenvalue weighted by molar-refractivity contribution is 7.99. The van der Waals surface area contributed by atoms with Crippen LogP contribution in [0, 0.1) is 0 Å². The van der Waals surface area contributed by atoms with Gasteiger partial charge in [0.2, 0.25) is 0 Å². The second-order valence-electron chi connectivity index (χ2n) is 3.47. The summed E-state index contributed by atoms with van der Waals surface area (Å²) in [5, 5.41) is 0. The van der Waals surface area contributed by atoms with Crippen molar-refractivity contribution < 1.29 is 18.7 Å². The van der Waals surface area contributed by atoms with Crippen LogP contribution in [-0.2, 0) is 9.47 Å². The molecule has 0 N–H and O–H groups in total. The molecule has 0 fully saturated rings. The van der Waals surface area contributed by atoms with Crippen LogP contribution in [0.1, 0.15) is 5.56 Å². The average Bonchev–Trinajstić information content (AvgIpc) is 2.40. The number of fused-ring (bicyclic) bond motifs is 1. The molecule has 94 valence electrons. The summed E-state index contributed by atoms with van der Waals surface area (Å²) >= 11 is 1.36. The van der Waals surface area contributed by atoms with Gasteiger partial charge in [-0.1, -0.05) is 24.8 Å². The molecule has 0 saturated carbocycles. The van der Waals surface area contributed by atoms with Crippen molar-refractivity contribution >= 4 is 23.7 Å². The van der Waals surface area contributed by atoms with Crippen LogP contribution in [0.2, 0.25) is 0 Å². The van der Waals surface area contributed by atoms with Crippen LogP contribution >= 0.6 is 11.8 Å². The van der Waals surface area contributed by atoms with E-state index >= 15 is 0 Å². The van der Waals surface area contributed by atoms with Crippen LogP contribution in [0.3, 0.4) is 0 Å². The molecule has 1 aliphatic rings. The minimum Gasteiger partial charge on any atom is -0.430 e. The van der Waals surface area contributed by atoms with E-state index in [1.807, 2.05) is 12.1 Å². The Labute approximate surface area is 108 Å². The fourth-order valence-corrected chi connectivity index (χ4v) is 2.39. The van der Waals surface area contributed by atoms with Crippen molar-refractivity contribution in [1.29, 1.82) is 0 Å². The number of thioether (sulfide) groups is 1. The summed E-state index contributed by atoms with van der Waals surface area (Å²) in [6, 6.07) is 7.17. The Kier molecular flexibility index (Phi) is 4.04. The number of halogens is 1. The van der Waals surface area contributed by atoms with E-state index in [4.69, 9.17) is 4.74 Å². The van der Waals surface area contributed by atoms with Crippen LogP contribution < -0.4 is 0 Å². The summed E-state index contributed by atoms with van der Waals surface area (Å²) in [7, 11) is 0. The molecule has 0 atom stereocenters. The van der Waals surface area contributed by atoms with Crippen LogP contribution in [-0.4, -0.2) is 18.5 Å². The lowest BCUT2D eigenvalue weighted by molar-refractivity contribution is 0.0993. The molecule has 0 aromatic heterocycles. The van der Waals surface area contributed by atoms with E-state index in [9.17, 15) is 9.18 Å². The van der Waals surface area contributed by atoms with E-state index in [0.29, 0.717) is 5.56 Å². The van der Waals surface area contributed by atoms with Crippen LogP contribution in [0.5, 0.6) is 0 Å². The fourth-order valence-electron chi connectivity index (χ4n) is 1.48. The molecule has 0 saturated heterocycles. The van der Waals surface area contributed by atoms with Gasteiger partial charge in [-0.05, 0) is 12.1 Å². The topological polar surface area (TPSA) is 35.5 Å². The van der Waals surface area contributed by atoms with Crippen molar-refractivity contribution in [3.05, 3.63) is 48.3 Å². The second-order valence-corrected chi connectivity index (χ2v) is 4.49. The fraction of sp³-hybridized carbons (Fsp3) is 0.154. The van der Waals surface area contributed by atoms with Crippen molar-refractivity contribution in [3.8, 4) is 0 Å². The molecule has 0 unspecified atom stereocenters. The van der Waals surface area contributed by atoms with Crippen molar-refractivity contribution in [2.24, 2.45) is 0 Å². The lowest BCUT2D eigenvalue weighted by Crippen LogP contribution is -2.10. The van der Waals surface area contributed by atoms with Gasteiger partial charge in [-0.3, -0.25) is 0 Å². The monoisotopic (exact) mass is 266 g/mol. The SMILES string of the molecule is C=CCOC(=O)OC1=C(F)CSc2ccccc21. The smallest absolute Gasteiger partial charge is 0.430 e. The third-order valence-electron chi connectivity index (χ3n) is 2.24. The molecule has 1 aromatic carbocycles. The van der Waals surface area contributed by atoms with E-state index in [2.05, 4.69) is 11.3 Å². The Morgan fingerprint density at radius 1 is 1.50 bits per heavy atom. The molecule has 18 heavy (non-hydrogen) atoms. The maximum Gasteiger partial charge on any atom is 0.514 e. The predicted octanol–water partition coefficient (Wildman–Crippen LogP) is 3.77. The van der Waals surface area contributed by atoms with Gasteiger partial charge >= 0.3 is 6.16 Å². The number of benzene rings is 1. The molecule has 5 heteroatoms. The minimum atomic E-state index is -0.929. The zero-order chi connectivity index (χ0) is 13.0. The standard InChI is InChI=1S/C13H11FO3S/c1-2-7-16-13(15)17-12-9-5-3-4-6-11(9)18-8-10(12)14/h2-6H,1,7-8H2. The summed E-state index contributed by atoms with van der Waals surface area (Å²) in [4.78, 5) is 12.2. The van der Waals surface area contributed by atoms with Crippen molar-refractivity contribution in [2.45, 2.75) is 4.90 Å². The summed E-state index contributed by atoms with van der Waals surface area (Å²) < 4.78 is 23.3. The molecule has 0 radical (unpaired) electrons. The Balaban J connectivity index is 2.20. The highest BCUT2D eigenvalue weighted by Gasteiger charge is 2.23. The first kappa shape index (κ1) is 12.7. The maximum absolute atomic E-state index is 13.7. The van der Waals surface area contributed by atoms with Gasteiger partial charge in [-0.25, -0.2) is 9.18 Å². The quantitative estimate of drug-likeness (QED) is 0.616. The Morgan fingerprint density at radius 3 is 3.06 bits per heavy atom. The summed E-state index contributed by atoms with van der Waals surface area (Å²) in [5.41, 5.74) is 0.571. The molecule has 1 aromatic rings. The van der Waals surface area contributed by atoms with Gasteiger partial charge in [0.25, 0.3) is 0 Å². The number of rotatable bonds is 3. The molecule has 0 aliphatic carbocycles.